The van der Waals surface area contributed by atoms with Gasteiger partial charge in [-0.3, -0.25) is 4.84 Å². The Morgan fingerprint density at radius 1 is 1.35 bits per heavy atom. The topological polar surface area (TPSA) is 92.7 Å². The predicted octanol–water partition coefficient (Wildman–Crippen LogP) is 2.56. The summed E-state index contributed by atoms with van der Waals surface area (Å²) in [6.07, 6.45) is 0. The molecule has 0 unspecified atom stereocenters. The highest BCUT2D eigenvalue weighted by Crippen LogP contribution is 2.28. The summed E-state index contributed by atoms with van der Waals surface area (Å²) in [5.74, 6) is -1.24. The molecule has 9 heteroatoms. The van der Waals surface area contributed by atoms with Crippen molar-refractivity contribution in [2.45, 2.75) is 18.7 Å². The lowest BCUT2D eigenvalue weighted by Gasteiger charge is -2.11. The van der Waals surface area contributed by atoms with Crippen molar-refractivity contribution in [3.63, 3.8) is 0 Å². The molecule has 0 aliphatic carbocycles. The molecular formula is C11H13Cl2NO5S. The van der Waals surface area contributed by atoms with E-state index in [1.54, 1.807) is 0 Å². The molecule has 0 bridgehead atoms. The van der Waals surface area contributed by atoms with Crippen LogP contribution in [0.5, 0.6) is 0 Å². The Bertz CT molecular complexity index is 615. The Hall–Kier alpha value is -0.860. The molecule has 0 heterocycles. The minimum absolute atomic E-state index is 0.118. The molecule has 0 radical (unpaired) electrons. The molecule has 112 valence electrons. The van der Waals surface area contributed by atoms with Crippen LogP contribution in [0.25, 0.3) is 0 Å². The number of benzene rings is 1. The summed E-state index contributed by atoms with van der Waals surface area (Å²) in [5, 5.41) is 8.58. The molecule has 0 amide bonds. The summed E-state index contributed by atoms with van der Waals surface area (Å²) in [6.45, 7) is 3.84. The normalized spacial score (nSPS) is 11.8. The summed E-state index contributed by atoms with van der Waals surface area (Å²) in [7, 11) is -4.09. The largest absolute Gasteiger partial charge is 0.478 e. The second-order valence-electron chi connectivity index (χ2n) is 4.36. The molecule has 0 fully saturated rings. The average Bonchev–Trinajstić information content (AvgIpc) is 2.26. The molecule has 0 spiro atoms. The molecule has 0 aliphatic rings. The lowest BCUT2D eigenvalue weighted by atomic mass is 10.2. The minimum Gasteiger partial charge on any atom is -0.478 e. The molecule has 0 atom stereocenters. The zero-order valence-corrected chi connectivity index (χ0v) is 13.0. The first-order valence-electron chi connectivity index (χ1n) is 5.51. The van der Waals surface area contributed by atoms with Crippen molar-refractivity contribution in [1.82, 2.24) is 4.89 Å². The van der Waals surface area contributed by atoms with E-state index in [-0.39, 0.29) is 28.1 Å². The summed E-state index contributed by atoms with van der Waals surface area (Å²) >= 11 is 11.5. The number of rotatable bonds is 6. The number of aromatic carboxylic acids is 1. The fraction of sp³-hybridized carbons (Fsp3) is 0.364. The summed E-state index contributed by atoms with van der Waals surface area (Å²) in [4.78, 5) is 17.2. The number of carbonyl (C=O) groups is 1. The first-order valence-corrected chi connectivity index (χ1v) is 7.75. The summed E-state index contributed by atoms with van der Waals surface area (Å²) in [6, 6.07) is 1.94. The number of hydrogen-bond acceptors (Lipinski definition) is 4. The second-order valence-corrected chi connectivity index (χ2v) is 6.79. The molecule has 1 rings (SSSR count). The van der Waals surface area contributed by atoms with Crippen LogP contribution in [0, 0.1) is 5.92 Å². The van der Waals surface area contributed by atoms with Crippen molar-refractivity contribution in [1.29, 1.82) is 0 Å². The van der Waals surface area contributed by atoms with Crippen molar-refractivity contribution >= 4 is 39.2 Å². The zero-order valence-electron chi connectivity index (χ0n) is 10.7. The molecule has 0 saturated heterocycles. The van der Waals surface area contributed by atoms with E-state index in [0.29, 0.717) is 0 Å². The van der Waals surface area contributed by atoms with Crippen LogP contribution in [0.15, 0.2) is 17.0 Å². The van der Waals surface area contributed by atoms with Crippen LogP contribution in [0.4, 0.5) is 0 Å². The van der Waals surface area contributed by atoms with E-state index in [2.05, 4.69) is 0 Å². The Kier molecular flexibility index (Phi) is 5.79. The van der Waals surface area contributed by atoms with Gasteiger partial charge in [0.2, 0.25) is 0 Å². The Labute approximate surface area is 126 Å². The van der Waals surface area contributed by atoms with Gasteiger partial charge in [0.05, 0.1) is 22.2 Å². The number of carboxylic acid groups (broad SMARTS) is 1. The molecule has 1 aromatic rings. The van der Waals surface area contributed by atoms with Gasteiger partial charge in [0.1, 0.15) is 4.90 Å². The number of hydrogen-bond donors (Lipinski definition) is 2. The first kappa shape index (κ1) is 17.2. The van der Waals surface area contributed by atoms with Crippen molar-refractivity contribution in [3.05, 3.63) is 27.7 Å². The van der Waals surface area contributed by atoms with E-state index < -0.39 is 20.9 Å². The molecular weight excluding hydrogens is 329 g/mol. The molecule has 6 nitrogen and oxygen atoms in total. The van der Waals surface area contributed by atoms with Crippen molar-refractivity contribution in [2.24, 2.45) is 5.92 Å². The van der Waals surface area contributed by atoms with Crippen LogP contribution >= 0.6 is 23.2 Å². The maximum atomic E-state index is 12.0. The van der Waals surface area contributed by atoms with E-state index in [9.17, 15) is 13.2 Å². The van der Waals surface area contributed by atoms with Crippen molar-refractivity contribution in [3.8, 4) is 0 Å². The van der Waals surface area contributed by atoms with Gasteiger partial charge >= 0.3 is 5.97 Å². The van der Waals surface area contributed by atoms with Crippen LogP contribution in [-0.2, 0) is 14.9 Å². The lowest BCUT2D eigenvalue weighted by Crippen LogP contribution is -2.26. The first-order chi connectivity index (χ1) is 9.15. The average molecular weight is 342 g/mol. The van der Waals surface area contributed by atoms with Gasteiger partial charge in [0.25, 0.3) is 10.0 Å². The number of carboxylic acids is 1. The maximum Gasteiger partial charge on any atom is 0.337 e. The molecule has 2 N–H and O–H groups in total. The van der Waals surface area contributed by atoms with Gasteiger partial charge in [-0.05, 0) is 18.1 Å². The second kappa shape index (κ2) is 6.73. The molecule has 20 heavy (non-hydrogen) atoms. The standard InChI is InChI=1S/C11H13Cl2NO5S/c1-6(2)5-19-14-20(17,18)10-3-7(11(15)16)8(12)4-9(10)13/h3-4,6,14H,5H2,1-2H3,(H,15,16). The fourth-order valence-electron chi connectivity index (χ4n) is 1.22. The molecule has 1 aromatic carbocycles. The van der Waals surface area contributed by atoms with Gasteiger partial charge in [-0.2, -0.15) is 0 Å². The highest BCUT2D eigenvalue weighted by molar-refractivity contribution is 7.89. The maximum absolute atomic E-state index is 12.0. The van der Waals surface area contributed by atoms with Gasteiger partial charge in [-0.15, -0.1) is 0 Å². The van der Waals surface area contributed by atoms with Crippen LogP contribution in [-0.4, -0.2) is 26.1 Å². The quantitative estimate of drug-likeness (QED) is 0.775. The highest BCUT2D eigenvalue weighted by atomic mass is 35.5. The third kappa shape index (κ3) is 4.32. The highest BCUT2D eigenvalue weighted by Gasteiger charge is 2.22. The monoisotopic (exact) mass is 341 g/mol. The van der Waals surface area contributed by atoms with Gasteiger partial charge < -0.3 is 5.11 Å². The van der Waals surface area contributed by atoms with E-state index in [1.807, 2.05) is 18.7 Å². The van der Waals surface area contributed by atoms with Gasteiger partial charge in [0, 0.05) is 0 Å². The number of sulfonamides is 1. The Balaban J connectivity index is 3.11. The van der Waals surface area contributed by atoms with Crippen LogP contribution in [0.1, 0.15) is 24.2 Å². The number of nitrogens with one attached hydrogen (secondary N) is 1. The summed E-state index contributed by atoms with van der Waals surface area (Å²) in [5.41, 5.74) is -0.361. The van der Waals surface area contributed by atoms with Gasteiger partial charge in [-0.1, -0.05) is 41.9 Å². The molecule has 0 aliphatic heterocycles. The predicted molar refractivity (Wildman–Crippen MR) is 74.5 cm³/mol. The number of halogens is 2. The van der Waals surface area contributed by atoms with Crippen LogP contribution in [0.2, 0.25) is 10.0 Å². The third-order valence-corrected chi connectivity index (χ3v) is 4.12. The lowest BCUT2D eigenvalue weighted by molar-refractivity contribution is 0.0696. The van der Waals surface area contributed by atoms with Gasteiger partial charge in [0.15, 0.2) is 0 Å². The Morgan fingerprint density at radius 3 is 2.45 bits per heavy atom. The molecule has 0 aromatic heterocycles. The Morgan fingerprint density at radius 2 is 1.95 bits per heavy atom. The van der Waals surface area contributed by atoms with E-state index in [0.717, 1.165) is 12.1 Å². The van der Waals surface area contributed by atoms with Crippen molar-refractivity contribution < 1.29 is 23.2 Å². The fourth-order valence-corrected chi connectivity index (χ4v) is 2.89. The van der Waals surface area contributed by atoms with E-state index in [1.165, 1.54) is 0 Å². The van der Waals surface area contributed by atoms with Crippen LogP contribution in [0.3, 0.4) is 0 Å². The minimum atomic E-state index is -4.09. The summed E-state index contributed by atoms with van der Waals surface area (Å²) < 4.78 is 23.9. The van der Waals surface area contributed by atoms with Crippen molar-refractivity contribution in [2.75, 3.05) is 6.61 Å². The van der Waals surface area contributed by atoms with E-state index >= 15 is 0 Å². The smallest absolute Gasteiger partial charge is 0.337 e. The van der Waals surface area contributed by atoms with Crippen LogP contribution < -0.4 is 4.89 Å². The third-order valence-electron chi connectivity index (χ3n) is 2.13. The zero-order chi connectivity index (χ0) is 15.5. The van der Waals surface area contributed by atoms with Gasteiger partial charge in [-0.25, -0.2) is 13.2 Å². The SMILES string of the molecule is CC(C)CONS(=O)(=O)c1cc(C(=O)O)c(Cl)cc1Cl. The molecule has 0 saturated carbocycles. The van der Waals surface area contributed by atoms with E-state index in [4.69, 9.17) is 33.1 Å².